The van der Waals surface area contributed by atoms with E-state index in [0.29, 0.717) is 33.6 Å². The van der Waals surface area contributed by atoms with Gasteiger partial charge in [0.05, 0.1) is 29.7 Å². The zero-order valence-corrected chi connectivity index (χ0v) is 30.6. The lowest BCUT2D eigenvalue weighted by Gasteiger charge is -2.40. The van der Waals surface area contributed by atoms with Gasteiger partial charge in [-0.15, -0.1) is 11.3 Å². The number of hydrogen-bond acceptors (Lipinski definition) is 4. The molecule has 1 unspecified atom stereocenters. The van der Waals surface area contributed by atoms with Gasteiger partial charge in [0.1, 0.15) is 23.5 Å². The molecule has 0 N–H and O–H groups in total. The number of hydrogen-bond donors (Lipinski definition) is 0. The molecule has 1 atom stereocenters. The van der Waals surface area contributed by atoms with E-state index in [-0.39, 0.29) is 0 Å². The number of aromatic nitrogens is 2. The molecule has 0 fully saturated rings. The molecule has 0 bridgehead atoms. The monoisotopic (exact) mass is 715 g/mol. The van der Waals surface area contributed by atoms with Crippen molar-refractivity contribution in [2.75, 3.05) is 4.67 Å². The van der Waals surface area contributed by atoms with Crippen molar-refractivity contribution in [1.29, 1.82) is 0 Å². The van der Waals surface area contributed by atoms with Gasteiger partial charge in [0.25, 0.3) is 0 Å². The Morgan fingerprint density at radius 1 is 0.537 bits per heavy atom. The number of anilines is 2. The summed E-state index contributed by atoms with van der Waals surface area (Å²) in [4.78, 5) is 11.0. The summed E-state index contributed by atoms with van der Waals surface area (Å²) >= 11 is 1.84. The zero-order chi connectivity index (χ0) is 36.1. The molecule has 6 radical (unpaired) electrons. The number of fused-ring (bicyclic) bond motifs is 13. The lowest BCUT2D eigenvalue weighted by molar-refractivity contribution is 1.17. The molecule has 0 saturated heterocycles. The molecule has 2 aromatic heterocycles. The highest BCUT2D eigenvalue weighted by molar-refractivity contribution is 7.75. The SMILES string of the molecule is [B]c1cc([B])c(-c2nc(N3c4c(c5ccccc5c5c4sc4ccccc45)-c4c(ccc5ccccc45)P3c3ccccc3)nc3ccccc23)c([B])c1. The van der Waals surface area contributed by atoms with Gasteiger partial charge in [-0.2, -0.15) is 0 Å². The van der Waals surface area contributed by atoms with E-state index in [0.717, 1.165) is 16.6 Å². The van der Waals surface area contributed by atoms with Crippen LogP contribution in [0.5, 0.6) is 0 Å². The van der Waals surface area contributed by atoms with Crippen molar-refractivity contribution in [1.82, 2.24) is 9.97 Å². The molecule has 11 rings (SSSR count). The van der Waals surface area contributed by atoms with Crippen LogP contribution in [-0.2, 0) is 0 Å². The molecule has 244 valence electrons. The minimum Gasteiger partial charge on any atom is -0.278 e. The van der Waals surface area contributed by atoms with E-state index in [9.17, 15) is 0 Å². The second kappa shape index (κ2) is 12.1. The second-order valence-corrected chi connectivity index (χ2v) is 16.7. The molecule has 0 amide bonds. The normalized spacial score (nSPS) is 13.9. The summed E-state index contributed by atoms with van der Waals surface area (Å²) in [6, 6.07) is 53.4. The Balaban J connectivity index is 1.37. The fourth-order valence-corrected chi connectivity index (χ4v) is 12.2. The molecule has 3 heterocycles. The summed E-state index contributed by atoms with van der Waals surface area (Å²) in [6.07, 6.45) is 0. The Morgan fingerprint density at radius 3 is 1.98 bits per heavy atom. The molecular weight excluding hydrogens is 690 g/mol. The van der Waals surface area contributed by atoms with E-state index in [4.69, 9.17) is 33.5 Å². The zero-order valence-electron chi connectivity index (χ0n) is 28.9. The molecule has 0 aliphatic carbocycles. The number of thiophene rings is 1. The molecule has 8 heteroatoms. The molecule has 3 nitrogen and oxygen atoms in total. The Labute approximate surface area is 321 Å². The first kappa shape index (κ1) is 31.8. The van der Waals surface area contributed by atoms with Crippen LogP contribution in [0.4, 0.5) is 11.6 Å². The molecule has 54 heavy (non-hydrogen) atoms. The van der Waals surface area contributed by atoms with Crippen LogP contribution >= 0.6 is 19.4 Å². The molecule has 1 aliphatic rings. The minimum absolute atomic E-state index is 0.473. The van der Waals surface area contributed by atoms with E-state index in [1.165, 1.54) is 63.5 Å². The first-order valence-electron chi connectivity index (χ1n) is 17.8. The maximum absolute atomic E-state index is 6.74. The number of rotatable bonds is 3. The molecule has 10 aromatic rings. The highest BCUT2D eigenvalue weighted by atomic mass is 32.1. The van der Waals surface area contributed by atoms with Crippen LogP contribution in [0.15, 0.2) is 152 Å². The van der Waals surface area contributed by atoms with Crippen molar-refractivity contribution in [2.45, 2.75) is 0 Å². The topological polar surface area (TPSA) is 29.0 Å². The summed E-state index contributed by atoms with van der Waals surface area (Å²) < 4.78 is 4.89. The molecule has 0 spiro atoms. The molecule has 1 aliphatic heterocycles. The summed E-state index contributed by atoms with van der Waals surface area (Å²) in [5.74, 6) is 0.586. The van der Waals surface area contributed by atoms with Crippen LogP contribution in [0.1, 0.15) is 0 Å². The molecule has 8 aromatic carbocycles. The minimum atomic E-state index is -1.26. The van der Waals surface area contributed by atoms with Crippen molar-refractivity contribution < 1.29 is 0 Å². The van der Waals surface area contributed by atoms with Crippen LogP contribution in [0.3, 0.4) is 0 Å². The van der Waals surface area contributed by atoms with Gasteiger partial charge in [-0.25, -0.2) is 9.97 Å². The van der Waals surface area contributed by atoms with Crippen molar-refractivity contribution in [3.8, 4) is 22.4 Å². The van der Waals surface area contributed by atoms with Gasteiger partial charge in [0.2, 0.25) is 5.95 Å². The standard InChI is InChI=1S/C46H25B3N3PS/c47-27-24-34(48)42(35(49)25-27)43-32-18-8-10-20-36(32)50-46(51-43)52-44-41(31-17-7-6-16-30(31)39-33-19-9-11-21-38(33)54-45(39)44)40-29-15-5-4-12-26(29)22-23-37(40)53(52)28-13-2-1-3-14-28/h1-25H. The van der Waals surface area contributed by atoms with Gasteiger partial charge < -0.3 is 0 Å². The summed E-state index contributed by atoms with van der Waals surface area (Å²) in [5.41, 5.74) is 7.15. The van der Waals surface area contributed by atoms with Gasteiger partial charge in [-0.1, -0.05) is 156 Å². The van der Waals surface area contributed by atoms with Crippen molar-refractivity contribution in [3.63, 3.8) is 0 Å². The smallest absolute Gasteiger partial charge is 0.235 e. The average Bonchev–Trinajstić information content (AvgIpc) is 3.60. The van der Waals surface area contributed by atoms with E-state index in [1.807, 2.05) is 35.6 Å². The first-order valence-corrected chi connectivity index (χ1v) is 19.9. The third kappa shape index (κ3) is 4.62. The highest BCUT2D eigenvalue weighted by Crippen LogP contribution is 2.62. The van der Waals surface area contributed by atoms with Gasteiger partial charge >= 0.3 is 0 Å². The lowest BCUT2D eigenvalue weighted by Crippen LogP contribution is -2.32. The number of benzene rings is 8. The van der Waals surface area contributed by atoms with E-state index >= 15 is 0 Å². The first-order chi connectivity index (χ1) is 26.5. The Bertz CT molecular complexity index is 3160. The maximum atomic E-state index is 6.74. The third-order valence-electron chi connectivity index (χ3n) is 10.6. The Hall–Kier alpha value is -5.74. The summed E-state index contributed by atoms with van der Waals surface area (Å²) in [6.45, 7) is 0. The summed E-state index contributed by atoms with van der Waals surface area (Å²) in [5, 5.41) is 10.7. The fourth-order valence-electron chi connectivity index (χ4n) is 8.35. The average molecular weight is 715 g/mol. The predicted molar refractivity (Wildman–Crippen MR) is 236 cm³/mol. The van der Waals surface area contributed by atoms with E-state index in [2.05, 4.69) is 120 Å². The predicted octanol–water partition coefficient (Wildman–Crippen LogP) is 8.52. The van der Waals surface area contributed by atoms with Crippen LogP contribution in [0.2, 0.25) is 0 Å². The van der Waals surface area contributed by atoms with Gasteiger partial charge in [-0.3, -0.25) is 4.67 Å². The Kier molecular flexibility index (Phi) is 7.14. The largest absolute Gasteiger partial charge is 0.278 e. The number of para-hydroxylation sites is 1. The van der Waals surface area contributed by atoms with Gasteiger partial charge in [-0.05, 0) is 39.2 Å². The molecular formula is C46H25B3N3PS. The fraction of sp³-hybridized carbons (Fsp3) is 0. The highest BCUT2D eigenvalue weighted by Gasteiger charge is 2.39. The van der Waals surface area contributed by atoms with Crippen molar-refractivity contribution in [3.05, 3.63) is 152 Å². The van der Waals surface area contributed by atoms with E-state index < -0.39 is 8.07 Å². The van der Waals surface area contributed by atoms with Gasteiger partial charge in [0.15, 0.2) is 0 Å². The molecule has 0 saturated carbocycles. The van der Waals surface area contributed by atoms with Crippen molar-refractivity contribution >= 4 is 134 Å². The third-order valence-corrected chi connectivity index (χ3v) is 14.1. The van der Waals surface area contributed by atoms with Crippen molar-refractivity contribution in [2.24, 2.45) is 0 Å². The maximum Gasteiger partial charge on any atom is 0.235 e. The Morgan fingerprint density at radius 2 is 1.19 bits per heavy atom. The van der Waals surface area contributed by atoms with Crippen LogP contribution < -0.4 is 31.7 Å². The quantitative estimate of drug-likeness (QED) is 0.136. The van der Waals surface area contributed by atoms with E-state index in [1.54, 1.807) is 12.1 Å². The number of nitrogens with zero attached hydrogens (tertiary/aromatic N) is 3. The van der Waals surface area contributed by atoms with Crippen LogP contribution in [-0.4, -0.2) is 33.5 Å². The van der Waals surface area contributed by atoms with Crippen LogP contribution in [0, 0.1) is 0 Å². The lowest BCUT2D eigenvalue weighted by atomic mass is 9.75. The summed E-state index contributed by atoms with van der Waals surface area (Å²) in [7, 11) is 18.4. The van der Waals surface area contributed by atoms with Crippen LogP contribution in [0.25, 0.3) is 75.0 Å². The second-order valence-electron chi connectivity index (χ2n) is 13.7. The van der Waals surface area contributed by atoms with Gasteiger partial charge in [0, 0.05) is 42.6 Å².